The molecule has 4 rings (SSSR count). The van der Waals surface area contributed by atoms with Gasteiger partial charge in [-0.25, -0.2) is 15.4 Å². The molecule has 8 nitrogen and oxygen atoms in total. The third kappa shape index (κ3) is 5.68. The predicted octanol–water partition coefficient (Wildman–Crippen LogP) is 3.76. The van der Waals surface area contributed by atoms with Gasteiger partial charge in [0.1, 0.15) is 17.8 Å². The van der Waals surface area contributed by atoms with E-state index in [4.69, 9.17) is 11.1 Å². The van der Waals surface area contributed by atoms with Crippen LogP contribution in [0.4, 0.5) is 17.2 Å². The van der Waals surface area contributed by atoms with Crippen molar-refractivity contribution in [1.82, 2.24) is 20.4 Å². The van der Waals surface area contributed by atoms with Crippen molar-refractivity contribution in [2.24, 2.45) is 5.92 Å². The van der Waals surface area contributed by atoms with Crippen LogP contribution < -0.4 is 21.9 Å². The second-order valence-electron chi connectivity index (χ2n) is 7.21. The van der Waals surface area contributed by atoms with Gasteiger partial charge in [0.2, 0.25) is 0 Å². The highest BCUT2D eigenvalue weighted by Crippen LogP contribution is 2.23. The zero-order valence-electron chi connectivity index (χ0n) is 16.8. The molecule has 7 N–H and O–H groups in total. The minimum Gasteiger partial charge on any atom is -0.398 e. The molecule has 1 aliphatic rings. The van der Waals surface area contributed by atoms with Crippen molar-refractivity contribution in [3.8, 4) is 0 Å². The summed E-state index contributed by atoms with van der Waals surface area (Å²) in [5, 5.41) is 11.3. The van der Waals surface area contributed by atoms with Gasteiger partial charge < -0.3 is 26.9 Å². The number of nitrogens with zero attached hydrogens (tertiary/aromatic N) is 2. The van der Waals surface area contributed by atoms with Crippen molar-refractivity contribution >= 4 is 34.4 Å². The summed E-state index contributed by atoms with van der Waals surface area (Å²) in [6.07, 6.45) is 11.5. The smallest absolute Gasteiger partial charge is 0.142 e. The molecule has 0 saturated heterocycles. The Morgan fingerprint density at radius 3 is 2.79 bits per heavy atom. The largest absolute Gasteiger partial charge is 0.398 e. The Labute approximate surface area is 171 Å². The molecule has 0 aliphatic heterocycles. The fraction of sp³-hybridized carbons (Fsp3) is 0.381. The maximum absolute atomic E-state index is 7.27. The van der Waals surface area contributed by atoms with Crippen molar-refractivity contribution in [2.45, 2.75) is 32.1 Å². The monoisotopic (exact) mass is 394 g/mol. The van der Waals surface area contributed by atoms with E-state index in [-0.39, 0.29) is 0 Å². The van der Waals surface area contributed by atoms with Crippen LogP contribution in [0.5, 0.6) is 0 Å². The highest BCUT2D eigenvalue weighted by atomic mass is 15.4. The van der Waals surface area contributed by atoms with Crippen molar-refractivity contribution in [3.63, 3.8) is 0 Å². The lowest BCUT2D eigenvalue weighted by Crippen LogP contribution is -2.29. The van der Waals surface area contributed by atoms with E-state index in [0.29, 0.717) is 5.69 Å². The third-order valence-electron chi connectivity index (χ3n) is 5.18. The number of aromatic nitrogens is 3. The molecule has 0 atom stereocenters. The van der Waals surface area contributed by atoms with E-state index < -0.39 is 0 Å². The Bertz CT molecular complexity index is 914. The van der Waals surface area contributed by atoms with E-state index in [9.17, 15) is 0 Å². The topological polar surface area (TPSA) is 128 Å². The lowest BCUT2D eigenvalue weighted by Gasteiger charge is -2.22. The number of hydrogen-bond donors (Lipinski definition) is 6. The first-order valence-electron chi connectivity index (χ1n) is 10.1. The fourth-order valence-corrected chi connectivity index (χ4v) is 3.54. The third-order valence-corrected chi connectivity index (χ3v) is 5.18. The lowest BCUT2D eigenvalue weighted by atomic mass is 9.89. The second-order valence-corrected chi connectivity index (χ2v) is 7.21. The molecule has 0 amide bonds. The van der Waals surface area contributed by atoms with Gasteiger partial charge in [0.25, 0.3) is 0 Å². The zero-order chi connectivity index (χ0) is 20.5. The molecule has 29 heavy (non-hydrogen) atoms. The van der Waals surface area contributed by atoms with Crippen LogP contribution in [0.1, 0.15) is 37.7 Å². The fourth-order valence-electron chi connectivity index (χ4n) is 3.54. The number of hydrogen-bond acceptors (Lipinski definition) is 7. The van der Waals surface area contributed by atoms with Crippen molar-refractivity contribution in [2.75, 3.05) is 30.1 Å². The summed E-state index contributed by atoms with van der Waals surface area (Å²) in [6, 6.07) is 7.58. The van der Waals surface area contributed by atoms with Crippen LogP contribution in [0.25, 0.3) is 11.0 Å². The number of aromatic amines is 1. The molecule has 8 heteroatoms. The second kappa shape index (κ2) is 10.4. The number of nitrogens with one attached hydrogen (secondary N) is 5. The SMILES string of the molecule is CNc1ncnc2[nH]ccc12.N=Cc1cc(NNCC2CCCCC2)ccc1N. The molecular weight excluding hydrogens is 364 g/mol. The van der Waals surface area contributed by atoms with Gasteiger partial charge in [0, 0.05) is 42.9 Å². The van der Waals surface area contributed by atoms with Crippen LogP contribution in [0.15, 0.2) is 36.8 Å². The number of nitrogens with two attached hydrogens (primary N) is 1. The van der Waals surface area contributed by atoms with Gasteiger partial charge in [-0.2, -0.15) is 0 Å². The Kier molecular flexibility index (Phi) is 7.40. The molecule has 1 aliphatic carbocycles. The summed E-state index contributed by atoms with van der Waals surface area (Å²) in [4.78, 5) is 11.1. The number of nitrogen functional groups attached to an aromatic ring is 1. The number of anilines is 3. The summed E-state index contributed by atoms with van der Waals surface area (Å²) >= 11 is 0. The molecule has 0 unspecified atom stereocenters. The maximum Gasteiger partial charge on any atom is 0.142 e. The van der Waals surface area contributed by atoms with Gasteiger partial charge in [0.05, 0.1) is 5.39 Å². The van der Waals surface area contributed by atoms with Gasteiger partial charge in [-0.05, 0) is 43.0 Å². The maximum atomic E-state index is 7.27. The van der Waals surface area contributed by atoms with Gasteiger partial charge in [-0.1, -0.05) is 19.3 Å². The Hall–Kier alpha value is -3.13. The van der Waals surface area contributed by atoms with Gasteiger partial charge in [-0.3, -0.25) is 0 Å². The quantitative estimate of drug-likeness (QED) is 0.215. The summed E-state index contributed by atoms with van der Waals surface area (Å²) < 4.78 is 0. The van der Waals surface area contributed by atoms with Crippen LogP contribution in [0.2, 0.25) is 0 Å². The van der Waals surface area contributed by atoms with Crippen molar-refractivity contribution in [1.29, 1.82) is 5.41 Å². The highest BCUT2D eigenvalue weighted by Gasteiger charge is 2.12. The van der Waals surface area contributed by atoms with E-state index in [1.54, 1.807) is 0 Å². The first kappa shape index (κ1) is 20.6. The van der Waals surface area contributed by atoms with Gasteiger partial charge in [-0.15, -0.1) is 0 Å². The molecule has 1 saturated carbocycles. The molecule has 3 aromatic rings. The number of rotatable bonds is 6. The normalized spacial score (nSPS) is 14.1. The van der Waals surface area contributed by atoms with E-state index in [2.05, 4.69) is 31.1 Å². The number of fused-ring (bicyclic) bond motifs is 1. The van der Waals surface area contributed by atoms with Crippen LogP contribution in [-0.4, -0.2) is 34.8 Å². The zero-order valence-corrected chi connectivity index (χ0v) is 16.8. The number of hydrazine groups is 1. The van der Waals surface area contributed by atoms with Crippen LogP contribution in [0.3, 0.4) is 0 Å². The molecule has 154 valence electrons. The molecule has 0 radical (unpaired) electrons. The molecule has 0 bridgehead atoms. The summed E-state index contributed by atoms with van der Waals surface area (Å²) in [5.74, 6) is 1.65. The Balaban J connectivity index is 0.000000186. The molecule has 1 fully saturated rings. The summed E-state index contributed by atoms with van der Waals surface area (Å²) in [7, 11) is 1.84. The summed E-state index contributed by atoms with van der Waals surface area (Å²) in [5.41, 5.74) is 15.4. The van der Waals surface area contributed by atoms with Crippen LogP contribution in [-0.2, 0) is 0 Å². The van der Waals surface area contributed by atoms with Crippen molar-refractivity contribution in [3.05, 3.63) is 42.4 Å². The van der Waals surface area contributed by atoms with E-state index in [0.717, 1.165) is 40.6 Å². The summed E-state index contributed by atoms with van der Waals surface area (Å²) in [6.45, 7) is 1.00. The highest BCUT2D eigenvalue weighted by molar-refractivity contribution is 5.87. The first-order valence-corrected chi connectivity index (χ1v) is 10.1. The molecule has 1 aromatic carbocycles. The average molecular weight is 395 g/mol. The number of benzene rings is 1. The minimum absolute atomic E-state index is 0.642. The van der Waals surface area contributed by atoms with E-state index in [1.807, 2.05) is 37.5 Å². The van der Waals surface area contributed by atoms with Crippen LogP contribution in [0, 0.1) is 11.3 Å². The van der Waals surface area contributed by atoms with Gasteiger partial charge in [0.15, 0.2) is 0 Å². The van der Waals surface area contributed by atoms with Crippen LogP contribution >= 0.6 is 0 Å². The standard InChI is InChI=1S/C14H22N4.C7H8N4/c15-9-12-8-13(6-7-14(12)16)18-17-10-11-4-2-1-3-5-11;1-8-6-5-2-3-9-7(5)11-4-10-6/h6-9,11,15,17-18H,1-5,10,16H2;2-4H,1H3,(H2,8,9,10,11). The van der Waals surface area contributed by atoms with E-state index in [1.165, 1.54) is 44.6 Å². The lowest BCUT2D eigenvalue weighted by molar-refractivity contribution is 0.349. The van der Waals surface area contributed by atoms with E-state index >= 15 is 0 Å². The average Bonchev–Trinajstić information content (AvgIpc) is 3.25. The molecule has 2 heterocycles. The van der Waals surface area contributed by atoms with Gasteiger partial charge >= 0.3 is 0 Å². The molecular formula is C21H30N8. The Morgan fingerprint density at radius 1 is 1.21 bits per heavy atom. The minimum atomic E-state index is 0.642. The molecule has 2 aromatic heterocycles. The Morgan fingerprint density at radius 2 is 2.03 bits per heavy atom. The van der Waals surface area contributed by atoms with Crippen molar-refractivity contribution < 1.29 is 0 Å². The first-order chi connectivity index (χ1) is 14.2. The predicted molar refractivity (Wildman–Crippen MR) is 120 cm³/mol. The molecule has 0 spiro atoms. The number of H-pyrrole nitrogens is 1.